The number of benzene rings is 2. The molecule has 0 unspecified atom stereocenters. The number of esters is 1. The number of pyridine rings is 2. The third kappa shape index (κ3) is 10.5. The summed E-state index contributed by atoms with van der Waals surface area (Å²) in [5.41, 5.74) is 5.32. The maximum Gasteiger partial charge on any atom is 0.387 e. The average Bonchev–Trinajstić information content (AvgIpc) is 4.13. The Labute approximate surface area is 383 Å². The standard InChI is InChI=1S/C27H26F2N4O5.C20H17BrF2N2O3/c1-3-37-25(35)15-32-14-19(12-31-32)17-6-7-33-20(13-30-24(33)11-17)18-9-22(36-2)26(21(34)8-16-4-5-16)23(10-18)38-27(28)29;1-27-16-7-12(14-10-24-18-9-13(21)4-5-25(14)18)8-17(28-20(22)23)19(16)15(26)6-11-2-3-11/h6-7,9-14,16,27H,3-5,8,15H2,1-2H3;4-5,7-11,20H,2-3,6H2,1H3. The van der Waals surface area contributed by atoms with Crippen molar-refractivity contribution in [2.45, 2.75) is 65.2 Å². The van der Waals surface area contributed by atoms with E-state index in [9.17, 15) is 31.9 Å². The summed E-state index contributed by atoms with van der Waals surface area (Å²) in [6.07, 6.45) is 14.7. The Hall–Kier alpha value is -6.76. The minimum atomic E-state index is -3.10. The number of carbonyl (C=O) groups is 3. The number of methoxy groups -OCH3 is 2. The van der Waals surface area contributed by atoms with Crippen LogP contribution in [0.5, 0.6) is 23.0 Å². The van der Waals surface area contributed by atoms with Gasteiger partial charge in [0.25, 0.3) is 0 Å². The highest BCUT2D eigenvalue weighted by atomic mass is 79.9. The Bertz CT molecular complexity index is 2930. The highest BCUT2D eigenvalue weighted by molar-refractivity contribution is 9.10. The first-order valence-electron chi connectivity index (χ1n) is 21.0. The van der Waals surface area contributed by atoms with Crippen LogP contribution in [0.4, 0.5) is 17.6 Å². The lowest BCUT2D eigenvalue weighted by molar-refractivity contribution is -0.144. The molecular formula is C47H43BrF4N6O8. The molecule has 66 heavy (non-hydrogen) atoms. The summed E-state index contributed by atoms with van der Waals surface area (Å²) < 4.78 is 83.9. The molecule has 5 heterocycles. The normalized spacial score (nSPS) is 13.5. The van der Waals surface area contributed by atoms with E-state index >= 15 is 0 Å². The molecule has 0 spiro atoms. The first-order chi connectivity index (χ1) is 31.8. The highest BCUT2D eigenvalue weighted by Crippen LogP contribution is 2.42. The van der Waals surface area contributed by atoms with Crippen molar-refractivity contribution in [3.8, 4) is 56.6 Å². The molecule has 0 radical (unpaired) electrons. The van der Waals surface area contributed by atoms with Crippen molar-refractivity contribution in [2.24, 2.45) is 11.8 Å². The van der Waals surface area contributed by atoms with Gasteiger partial charge >= 0.3 is 19.2 Å². The number of imidazole rings is 2. The molecule has 2 aliphatic rings. The lowest BCUT2D eigenvalue weighted by atomic mass is 10.00. The van der Waals surface area contributed by atoms with E-state index < -0.39 is 13.2 Å². The smallest absolute Gasteiger partial charge is 0.387 e. The summed E-state index contributed by atoms with van der Waals surface area (Å²) in [6, 6.07) is 13.5. The van der Waals surface area contributed by atoms with Gasteiger partial charge in [-0.25, -0.2) is 9.97 Å². The van der Waals surface area contributed by atoms with Crippen LogP contribution >= 0.6 is 15.9 Å². The number of halogens is 5. The van der Waals surface area contributed by atoms with Gasteiger partial charge < -0.3 is 23.7 Å². The van der Waals surface area contributed by atoms with Crippen LogP contribution in [0.15, 0.2) is 90.2 Å². The molecule has 0 N–H and O–H groups in total. The summed E-state index contributed by atoms with van der Waals surface area (Å²) in [6.45, 7) is -4.10. The van der Waals surface area contributed by atoms with Crippen LogP contribution in [-0.4, -0.2) is 80.1 Å². The van der Waals surface area contributed by atoms with Crippen molar-refractivity contribution >= 4 is 44.8 Å². The van der Waals surface area contributed by atoms with Gasteiger partial charge in [0.15, 0.2) is 11.6 Å². The maximum absolute atomic E-state index is 13.3. The predicted molar refractivity (Wildman–Crippen MR) is 237 cm³/mol. The van der Waals surface area contributed by atoms with Gasteiger partial charge in [0.05, 0.1) is 50.8 Å². The molecule has 19 heteroatoms. The number of aromatic nitrogens is 6. The highest BCUT2D eigenvalue weighted by Gasteiger charge is 2.31. The molecule has 0 saturated heterocycles. The molecule has 9 rings (SSSR count). The number of carbonyl (C=O) groups excluding carboxylic acids is 3. The van der Waals surface area contributed by atoms with E-state index in [0.717, 1.165) is 41.3 Å². The first kappa shape index (κ1) is 45.8. The Balaban J connectivity index is 0.000000188. The summed E-state index contributed by atoms with van der Waals surface area (Å²) in [7, 11) is 2.80. The fourth-order valence-electron chi connectivity index (χ4n) is 7.58. The second-order valence-electron chi connectivity index (χ2n) is 15.7. The van der Waals surface area contributed by atoms with E-state index in [4.69, 9.17) is 23.7 Å². The van der Waals surface area contributed by atoms with E-state index in [1.165, 1.54) is 31.0 Å². The largest absolute Gasteiger partial charge is 0.496 e. The number of hydrogen-bond acceptors (Lipinski definition) is 11. The summed E-state index contributed by atoms with van der Waals surface area (Å²) in [5.74, 6) is -0.328. The number of ether oxygens (including phenoxy) is 5. The van der Waals surface area contributed by atoms with E-state index in [0.29, 0.717) is 52.8 Å². The van der Waals surface area contributed by atoms with Crippen LogP contribution in [0.2, 0.25) is 0 Å². The predicted octanol–water partition coefficient (Wildman–Crippen LogP) is 10.4. The van der Waals surface area contributed by atoms with Crippen molar-refractivity contribution in [1.82, 2.24) is 28.5 Å². The minimum Gasteiger partial charge on any atom is -0.496 e. The number of rotatable bonds is 18. The zero-order valence-corrected chi connectivity index (χ0v) is 37.5. The molecule has 2 saturated carbocycles. The lowest BCUT2D eigenvalue weighted by Gasteiger charge is -2.16. The maximum atomic E-state index is 13.3. The number of alkyl halides is 4. The van der Waals surface area contributed by atoms with E-state index in [1.54, 1.807) is 54.4 Å². The van der Waals surface area contributed by atoms with E-state index in [1.807, 2.05) is 34.9 Å². The summed E-state index contributed by atoms with van der Waals surface area (Å²) in [5, 5.41) is 4.22. The summed E-state index contributed by atoms with van der Waals surface area (Å²) >= 11 is 3.40. The molecule has 7 aromatic rings. The molecule has 0 amide bonds. The third-order valence-electron chi connectivity index (χ3n) is 11.0. The van der Waals surface area contributed by atoms with Crippen molar-refractivity contribution in [2.75, 3.05) is 20.8 Å². The fraction of sp³-hybridized carbons (Fsp3) is 0.319. The molecule has 2 aromatic carbocycles. The number of Topliss-reactive ketones (excluding diaryl/α,β-unsaturated/α-hetero) is 2. The molecule has 5 aromatic heterocycles. The second-order valence-corrected chi connectivity index (χ2v) is 16.7. The van der Waals surface area contributed by atoms with Crippen molar-refractivity contribution in [1.29, 1.82) is 0 Å². The number of nitrogens with zero attached hydrogens (tertiary/aromatic N) is 6. The average molecular weight is 976 g/mol. The van der Waals surface area contributed by atoms with Gasteiger partial charge in [0.2, 0.25) is 0 Å². The van der Waals surface area contributed by atoms with E-state index in [2.05, 4.69) is 31.0 Å². The van der Waals surface area contributed by atoms with Gasteiger partial charge in [-0.2, -0.15) is 22.7 Å². The van der Waals surface area contributed by atoms with Gasteiger partial charge in [-0.15, -0.1) is 0 Å². The number of ketones is 2. The van der Waals surface area contributed by atoms with Crippen molar-refractivity contribution in [3.05, 3.63) is 101 Å². The minimum absolute atomic E-state index is 0.00756. The Morgan fingerprint density at radius 1 is 0.682 bits per heavy atom. The van der Waals surface area contributed by atoms with Crippen LogP contribution < -0.4 is 18.9 Å². The second kappa shape index (κ2) is 19.8. The first-order valence-corrected chi connectivity index (χ1v) is 21.8. The molecule has 0 atom stereocenters. The van der Waals surface area contributed by atoms with Crippen LogP contribution in [0.3, 0.4) is 0 Å². The van der Waals surface area contributed by atoms with Gasteiger partial charge in [-0.3, -0.25) is 27.9 Å². The molecule has 2 aliphatic carbocycles. The molecule has 2 fully saturated rings. The van der Waals surface area contributed by atoms with Crippen molar-refractivity contribution < 1.29 is 55.6 Å². The number of fused-ring (bicyclic) bond motifs is 2. The third-order valence-corrected chi connectivity index (χ3v) is 11.5. The molecule has 344 valence electrons. The molecule has 14 nitrogen and oxygen atoms in total. The van der Waals surface area contributed by atoms with Crippen LogP contribution in [0.1, 0.15) is 66.2 Å². The zero-order valence-electron chi connectivity index (χ0n) is 35.9. The van der Waals surface area contributed by atoms with Gasteiger partial charge in [-0.05, 0) is 98.5 Å². The van der Waals surface area contributed by atoms with Crippen LogP contribution in [0, 0.1) is 11.8 Å². The Morgan fingerprint density at radius 3 is 1.67 bits per heavy atom. The summed E-state index contributed by atoms with van der Waals surface area (Å²) in [4.78, 5) is 46.1. The quantitative estimate of drug-likeness (QED) is 0.0459. The zero-order chi connectivity index (χ0) is 46.6. The SMILES string of the molecule is CCOC(=O)Cn1cc(-c2ccn3c(-c4cc(OC)c(C(=O)CC5CC5)c(OC(F)F)c4)cnc3c2)cn1.COc1cc(-c2cnc3cc(Br)ccn23)cc(OC(F)F)c1C(=O)CC1CC1. The van der Waals surface area contributed by atoms with Crippen molar-refractivity contribution in [3.63, 3.8) is 0 Å². The Morgan fingerprint density at radius 2 is 1.18 bits per heavy atom. The topological polar surface area (TPSA) is 150 Å². The molecule has 0 bridgehead atoms. The lowest BCUT2D eigenvalue weighted by Crippen LogP contribution is -2.13. The van der Waals surface area contributed by atoms with Crippen LogP contribution in [-0.2, 0) is 16.1 Å². The van der Waals surface area contributed by atoms with Gasteiger partial charge in [-0.1, -0.05) is 15.9 Å². The fourth-order valence-corrected chi connectivity index (χ4v) is 7.90. The van der Waals surface area contributed by atoms with Gasteiger partial charge in [0.1, 0.15) is 52.0 Å². The van der Waals surface area contributed by atoms with Gasteiger partial charge in [0, 0.05) is 52.6 Å². The number of hydrogen-bond donors (Lipinski definition) is 0. The molecular weight excluding hydrogens is 932 g/mol. The Kier molecular flexibility index (Phi) is 13.7. The van der Waals surface area contributed by atoms with Crippen LogP contribution in [0.25, 0.3) is 44.9 Å². The van der Waals surface area contributed by atoms with E-state index in [-0.39, 0.29) is 70.5 Å². The monoisotopic (exact) mass is 974 g/mol. The molecule has 0 aliphatic heterocycles.